The van der Waals surface area contributed by atoms with Gasteiger partial charge >= 0.3 is 0 Å². The number of fused-ring (bicyclic) bond motifs is 2. The molecule has 4 nitrogen and oxygen atoms in total. The van der Waals surface area contributed by atoms with Crippen LogP contribution in [0.5, 0.6) is 0 Å². The predicted octanol–water partition coefficient (Wildman–Crippen LogP) is 3.97. The lowest BCUT2D eigenvalue weighted by Gasteiger charge is -2.30. The molecule has 1 aromatic carbocycles. The van der Waals surface area contributed by atoms with E-state index in [1.807, 2.05) is 6.20 Å². The zero-order valence-electron chi connectivity index (χ0n) is 16.6. The van der Waals surface area contributed by atoms with Gasteiger partial charge in [0.1, 0.15) is 0 Å². The number of allylic oxidation sites excluding steroid dienone is 1. The molecule has 0 saturated heterocycles. The quantitative estimate of drug-likeness (QED) is 0.729. The minimum absolute atomic E-state index is 0.295. The van der Waals surface area contributed by atoms with E-state index in [0.717, 1.165) is 31.5 Å². The predicted molar refractivity (Wildman–Crippen MR) is 111 cm³/mol. The second-order valence-electron chi connectivity index (χ2n) is 8.29. The molecule has 4 rings (SSSR count). The lowest BCUT2D eigenvalue weighted by Crippen LogP contribution is -2.44. The average Bonchev–Trinajstić information content (AvgIpc) is 3.24. The maximum atomic E-state index is 4.29. The molecule has 2 aliphatic carbocycles. The summed E-state index contributed by atoms with van der Waals surface area (Å²) in [6.07, 6.45) is 6.17. The Morgan fingerprint density at radius 3 is 2.85 bits per heavy atom. The van der Waals surface area contributed by atoms with Crippen molar-refractivity contribution in [2.45, 2.75) is 58.5 Å². The van der Waals surface area contributed by atoms with Crippen LogP contribution in [0.3, 0.4) is 0 Å². The first-order chi connectivity index (χ1) is 13.0. The van der Waals surface area contributed by atoms with Gasteiger partial charge in [-0.05, 0) is 59.9 Å². The van der Waals surface area contributed by atoms with E-state index >= 15 is 0 Å². The van der Waals surface area contributed by atoms with Crippen LogP contribution in [0.15, 0.2) is 48.4 Å². The van der Waals surface area contributed by atoms with E-state index in [-0.39, 0.29) is 0 Å². The summed E-state index contributed by atoms with van der Waals surface area (Å²) < 4.78 is 0. The van der Waals surface area contributed by atoms with Gasteiger partial charge in [0.25, 0.3) is 0 Å². The number of hydrogen-bond donors (Lipinski definition) is 3. The first-order valence-electron chi connectivity index (χ1n) is 10.0. The van der Waals surface area contributed by atoms with Crippen molar-refractivity contribution in [3.05, 3.63) is 70.8 Å². The highest BCUT2D eigenvalue weighted by atomic mass is 15.1. The van der Waals surface area contributed by atoms with Crippen LogP contribution >= 0.6 is 0 Å². The minimum atomic E-state index is 0.295. The summed E-state index contributed by atoms with van der Waals surface area (Å²) in [7, 11) is 0. The van der Waals surface area contributed by atoms with E-state index in [0.29, 0.717) is 18.0 Å². The molecule has 0 spiro atoms. The van der Waals surface area contributed by atoms with Gasteiger partial charge in [0.15, 0.2) is 0 Å². The fourth-order valence-corrected chi connectivity index (χ4v) is 4.56. The van der Waals surface area contributed by atoms with Crippen LogP contribution in [-0.4, -0.2) is 22.3 Å². The number of hydrogen-bond acceptors (Lipinski definition) is 3. The van der Waals surface area contributed by atoms with Crippen molar-refractivity contribution >= 4 is 5.57 Å². The lowest BCUT2D eigenvalue weighted by atomic mass is 9.92. The molecule has 2 unspecified atom stereocenters. The summed E-state index contributed by atoms with van der Waals surface area (Å²) in [6, 6.07) is 9.47. The number of nitrogens with one attached hydrogen (secondary N) is 3. The Balaban J connectivity index is 1.44. The highest BCUT2D eigenvalue weighted by Crippen LogP contribution is 2.35. The molecule has 2 atom stereocenters. The first-order valence-corrected chi connectivity index (χ1v) is 10.0. The Morgan fingerprint density at radius 2 is 2.07 bits per heavy atom. The molecule has 0 saturated carbocycles. The molecule has 4 heteroatoms. The molecule has 142 valence electrons. The molecule has 0 fully saturated rings. The molecule has 0 amide bonds. The van der Waals surface area contributed by atoms with E-state index in [1.165, 1.54) is 33.5 Å². The minimum Gasteiger partial charge on any atom is -0.369 e. The van der Waals surface area contributed by atoms with Crippen molar-refractivity contribution in [2.75, 3.05) is 0 Å². The maximum absolute atomic E-state index is 4.29. The fraction of sp³-hybridized carbons (Fsp3) is 0.435. The number of aromatic nitrogens is 2. The molecule has 1 heterocycles. The Morgan fingerprint density at radius 1 is 1.26 bits per heavy atom. The number of benzene rings is 1. The van der Waals surface area contributed by atoms with Gasteiger partial charge in [-0.1, -0.05) is 44.7 Å². The number of aromatic amines is 1. The molecular formula is C23H30N4. The molecule has 0 aliphatic heterocycles. The van der Waals surface area contributed by atoms with Crippen LogP contribution in [0.25, 0.3) is 5.57 Å². The van der Waals surface area contributed by atoms with Crippen LogP contribution < -0.4 is 10.6 Å². The lowest BCUT2D eigenvalue weighted by molar-refractivity contribution is 0.427. The standard InChI is InChI=1S/C23H30N4/c1-14(2)23(21-11-17-7-5-6-8-20(17)15(21)3)26-16(4)25-19-10-9-18-13-24-27-22(18)12-19/h5-8,13-14,19,23,25-26H,4,9-12H2,1-3H3,(H,24,27). The number of aryl methyl sites for hydroxylation is 1. The normalized spacial score (nSPS) is 19.6. The van der Waals surface area contributed by atoms with Gasteiger partial charge in [-0.2, -0.15) is 5.10 Å². The Kier molecular flexibility index (Phi) is 4.81. The van der Waals surface area contributed by atoms with Crippen LogP contribution in [0.2, 0.25) is 0 Å². The monoisotopic (exact) mass is 362 g/mol. The van der Waals surface area contributed by atoms with E-state index in [1.54, 1.807) is 0 Å². The molecule has 3 N–H and O–H groups in total. The van der Waals surface area contributed by atoms with Crippen LogP contribution in [0, 0.1) is 5.92 Å². The van der Waals surface area contributed by atoms with Gasteiger partial charge in [-0.3, -0.25) is 5.10 Å². The zero-order valence-corrected chi connectivity index (χ0v) is 16.6. The van der Waals surface area contributed by atoms with Gasteiger partial charge in [0.05, 0.1) is 18.1 Å². The summed E-state index contributed by atoms with van der Waals surface area (Å²) in [5, 5.41) is 14.6. The molecule has 0 bridgehead atoms. The third kappa shape index (κ3) is 3.53. The SMILES string of the molecule is C=C(NC1CCc2cn[nH]c2C1)NC(C1=C(C)c2ccccc2C1)C(C)C. The van der Waals surface area contributed by atoms with E-state index in [2.05, 4.69) is 72.4 Å². The van der Waals surface area contributed by atoms with Crippen LogP contribution in [0.4, 0.5) is 0 Å². The van der Waals surface area contributed by atoms with Gasteiger partial charge in [0, 0.05) is 18.2 Å². The van der Waals surface area contributed by atoms with Gasteiger partial charge < -0.3 is 10.6 Å². The summed E-state index contributed by atoms with van der Waals surface area (Å²) in [5.74, 6) is 1.42. The van der Waals surface area contributed by atoms with Gasteiger partial charge in [-0.25, -0.2) is 0 Å². The number of nitrogens with zero attached hydrogens (tertiary/aromatic N) is 1. The average molecular weight is 363 g/mol. The smallest absolute Gasteiger partial charge is 0.0919 e. The second-order valence-corrected chi connectivity index (χ2v) is 8.29. The van der Waals surface area contributed by atoms with Crippen molar-refractivity contribution in [3.63, 3.8) is 0 Å². The van der Waals surface area contributed by atoms with Crippen LogP contribution in [-0.2, 0) is 19.3 Å². The summed E-state index contributed by atoms with van der Waals surface area (Å²) >= 11 is 0. The number of H-pyrrole nitrogens is 1. The van der Waals surface area contributed by atoms with Gasteiger partial charge in [0.2, 0.25) is 0 Å². The third-order valence-corrected chi connectivity index (χ3v) is 6.05. The maximum Gasteiger partial charge on any atom is 0.0919 e. The fourth-order valence-electron chi connectivity index (χ4n) is 4.56. The largest absolute Gasteiger partial charge is 0.369 e. The first kappa shape index (κ1) is 17.9. The Hall–Kier alpha value is -2.49. The highest BCUT2D eigenvalue weighted by Gasteiger charge is 2.27. The summed E-state index contributed by atoms with van der Waals surface area (Å²) in [5.41, 5.74) is 8.37. The topological polar surface area (TPSA) is 52.7 Å². The summed E-state index contributed by atoms with van der Waals surface area (Å²) in [6.45, 7) is 11.1. The Labute approximate surface area is 162 Å². The van der Waals surface area contributed by atoms with Crippen LogP contribution in [0.1, 0.15) is 49.6 Å². The zero-order chi connectivity index (χ0) is 19.0. The molecule has 27 heavy (non-hydrogen) atoms. The van der Waals surface area contributed by atoms with Crippen molar-refractivity contribution in [3.8, 4) is 0 Å². The summed E-state index contributed by atoms with van der Waals surface area (Å²) in [4.78, 5) is 0. The van der Waals surface area contributed by atoms with Gasteiger partial charge in [-0.15, -0.1) is 0 Å². The van der Waals surface area contributed by atoms with E-state index in [9.17, 15) is 0 Å². The van der Waals surface area contributed by atoms with Crippen molar-refractivity contribution in [1.82, 2.24) is 20.8 Å². The van der Waals surface area contributed by atoms with E-state index in [4.69, 9.17) is 0 Å². The molecule has 0 radical (unpaired) electrons. The third-order valence-electron chi connectivity index (χ3n) is 6.05. The van der Waals surface area contributed by atoms with E-state index < -0.39 is 0 Å². The van der Waals surface area contributed by atoms with Crippen molar-refractivity contribution in [1.29, 1.82) is 0 Å². The number of rotatable bonds is 6. The Bertz CT molecular complexity index is 874. The highest BCUT2D eigenvalue weighted by molar-refractivity contribution is 5.76. The van der Waals surface area contributed by atoms with Crippen molar-refractivity contribution < 1.29 is 0 Å². The molecule has 1 aromatic heterocycles. The molecule has 2 aliphatic rings. The molecular weight excluding hydrogens is 332 g/mol. The van der Waals surface area contributed by atoms with Crippen molar-refractivity contribution in [2.24, 2.45) is 5.92 Å². The molecule has 2 aromatic rings. The second kappa shape index (κ2) is 7.26.